The SMILES string of the molecule is CCCC(N)C(=O)OC1CCC(C)(C)CC1. The number of carbonyl (C=O) groups excluding carboxylic acids is 1. The normalized spacial score (nSPS) is 22.8. The fourth-order valence-corrected chi connectivity index (χ4v) is 2.17. The molecule has 0 aliphatic heterocycles. The minimum atomic E-state index is -0.431. The summed E-state index contributed by atoms with van der Waals surface area (Å²) in [4.78, 5) is 11.6. The van der Waals surface area contributed by atoms with Crippen molar-refractivity contribution in [3.63, 3.8) is 0 Å². The van der Waals surface area contributed by atoms with E-state index in [9.17, 15) is 4.79 Å². The van der Waals surface area contributed by atoms with Crippen molar-refractivity contribution in [3.05, 3.63) is 0 Å². The van der Waals surface area contributed by atoms with Crippen molar-refractivity contribution in [2.75, 3.05) is 0 Å². The van der Waals surface area contributed by atoms with Gasteiger partial charge >= 0.3 is 5.97 Å². The Morgan fingerprint density at radius 1 is 1.44 bits per heavy atom. The number of hydrogen-bond acceptors (Lipinski definition) is 3. The maximum absolute atomic E-state index is 11.6. The van der Waals surface area contributed by atoms with Crippen LogP contribution < -0.4 is 5.73 Å². The summed E-state index contributed by atoms with van der Waals surface area (Å²) in [5.74, 6) is -0.216. The third-order valence-electron chi connectivity index (χ3n) is 3.47. The van der Waals surface area contributed by atoms with E-state index in [1.165, 1.54) is 0 Å². The summed E-state index contributed by atoms with van der Waals surface area (Å²) in [7, 11) is 0. The van der Waals surface area contributed by atoms with E-state index in [0.717, 1.165) is 38.5 Å². The van der Waals surface area contributed by atoms with Crippen LogP contribution in [-0.4, -0.2) is 18.1 Å². The lowest BCUT2D eigenvalue weighted by Crippen LogP contribution is -2.36. The molecule has 1 aliphatic rings. The number of esters is 1. The van der Waals surface area contributed by atoms with Crippen LogP contribution in [0.25, 0.3) is 0 Å². The molecule has 1 aliphatic carbocycles. The fourth-order valence-electron chi connectivity index (χ4n) is 2.17. The van der Waals surface area contributed by atoms with Gasteiger partial charge in [0.2, 0.25) is 0 Å². The zero-order valence-corrected chi connectivity index (χ0v) is 10.8. The average Bonchev–Trinajstić information content (AvgIpc) is 2.21. The maximum atomic E-state index is 11.6. The zero-order valence-electron chi connectivity index (χ0n) is 10.8. The summed E-state index contributed by atoms with van der Waals surface area (Å²) in [6.45, 7) is 6.57. The highest BCUT2D eigenvalue weighted by Crippen LogP contribution is 2.36. The molecule has 1 saturated carbocycles. The molecule has 0 aromatic heterocycles. The number of nitrogens with two attached hydrogens (primary N) is 1. The molecule has 3 heteroatoms. The molecule has 0 bridgehead atoms. The smallest absolute Gasteiger partial charge is 0.323 e. The molecule has 0 amide bonds. The van der Waals surface area contributed by atoms with Gasteiger partial charge in [-0.25, -0.2) is 0 Å². The monoisotopic (exact) mass is 227 g/mol. The van der Waals surface area contributed by atoms with Gasteiger partial charge in [0.15, 0.2) is 0 Å². The highest BCUT2D eigenvalue weighted by atomic mass is 16.5. The van der Waals surface area contributed by atoms with Crippen LogP contribution in [0.1, 0.15) is 59.3 Å². The summed E-state index contributed by atoms with van der Waals surface area (Å²) in [6, 6.07) is -0.431. The molecule has 2 N–H and O–H groups in total. The molecular formula is C13H25NO2. The Morgan fingerprint density at radius 3 is 2.50 bits per heavy atom. The molecule has 1 fully saturated rings. The third kappa shape index (κ3) is 4.12. The molecule has 3 nitrogen and oxygen atoms in total. The summed E-state index contributed by atoms with van der Waals surface area (Å²) in [6.07, 6.45) is 5.98. The largest absolute Gasteiger partial charge is 0.461 e. The Balaban J connectivity index is 2.31. The second-order valence-corrected chi connectivity index (χ2v) is 5.70. The first-order valence-corrected chi connectivity index (χ1v) is 6.40. The van der Waals surface area contributed by atoms with Crippen molar-refractivity contribution >= 4 is 5.97 Å². The third-order valence-corrected chi connectivity index (χ3v) is 3.47. The molecule has 0 saturated heterocycles. The van der Waals surface area contributed by atoms with Crippen molar-refractivity contribution in [1.29, 1.82) is 0 Å². The van der Waals surface area contributed by atoms with E-state index in [2.05, 4.69) is 13.8 Å². The Labute approximate surface area is 98.7 Å². The van der Waals surface area contributed by atoms with Crippen LogP contribution in [-0.2, 0) is 9.53 Å². The molecule has 1 rings (SSSR count). The molecule has 0 spiro atoms. The summed E-state index contributed by atoms with van der Waals surface area (Å²) in [5.41, 5.74) is 6.13. The molecular weight excluding hydrogens is 202 g/mol. The Bertz CT molecular complexity index is 228. The van der Waals surface area contributed by atoms with Gasteiger partial charge in [-0.15, -0.1) is 0 Å². The standard InChI is InChI=1S/C13H25NO2/c1-4-5-11(14)12(15)16-10-6-8-13(2,3)9-7-10/h10-11H,4-9,14H2,1-3H3. The summed E-state index contributed by atoms with van der Waals surface area (Å²) >= 11 is 0. The number of rotatable bonds is 4. The van der Waals surface area contributed by atoms with E-state index in [1.807, 2.05) is 6.92 Å². The molecule has 0 heterocycles. The van der Waals surface area contributed by atoms with E-state index in [4.69, 9.17) is 10.5 Å². The minimum Gasteiger partial charge on any atom is -0.461 e. The van der Waals surface area contributed by atoms with Gasteiger partial charge in [-0.3, -0.25) is 4.79 Å². The first-order chi connectivity index (χ1) is 7.44. The van der Waals surface area contributed by atoms with E-state index >= 15 is 0 Å². The Kier molecular flexibility index (Phi) is 4.78. The first-order valence-electron chi connectivity index (χ1n) is 6.40. The minimum absolute atomic E-state index is 0.100. The average molecular weight is 227 g/mol. The van der Waals surface area contributed by atoms with Crippen LogP contribution in [0, 0.1) is 5.41 Å². The van der Waals surface area contributed by atoms with Crippen LogP contribution in [0.2, 0.25) is 0 Å². The van der Waals surface area contributed by atoms with E-state index < -0.39 is 6.04 Å². The predicted octanol–water partition coefficient (Wildman–Crippen LogP) is 2.63. The van der Waals surface area contributed by atoms with Crippen LogP contribution in [0.4, 0.5) is 0 Å². The lowest BCUT2D eigenvalue weighted by molar-refractivity contribution is -0.153. The van der Waals surface area contributed by atoms with Gasteiger partial charge in [0, 0.05) is 0 Å². The van der Waals surface area contributed by atoms with Gasteiger partial charge in [-0.2, -0.15) is 0 Å². The van der Waals surface area contributed by atoms with Gasteiger partial charge in [-0.1, -0.05) is 27.2 Å². The van der Waals surface area contributed by atoms with E-state index in [-0.39, 0.29) is 12.1 Å². The predicted molar refractivity (Wildman–Crippen MR) is 65.0 cm³/mol. The molecule has 0 aromatic rings. The van der Waals surface area contributed by atoms with E-state index in [0.29, 0.717) is 5.41 Å². The Morgan fingerprint density at radius 2 is 2.00 bits per heavy atom. The number of carbonyl (C=O) groups is 1. The van der Waals surface area contributed by atoms with Crippen LogP contribution >= 0.6 is 0 Å². The highest BCUT2D eigenvalue weighted by Gasteiger charge is 2.29. The lowest BCUT2D eigenvalue weighted by Gasteiger charge is -2.34. The molecule has 0 radical (unpaired) electrons. The van der Waals surface area contributed by atoms with Crippen LogP contribution in [0.3, 0.4) is 0 Å². The van der Waals surface area contributed by atoms with Crippen molar-refractivity contribution in [2.24, 2.45) is 11.1 Å². The van der Waals surface area contributed by atoms with Crippen molar-refractivity contribution < 1.29 is 9.53 Å². The zero-order chi connectivity index (χ0) is 12.2. The lowest BCUT2D eigenvalue weighted by atomic mass is 9.76. The maximum Gasteiger partial charge on any atom is 0.323 e. The molecule has 94 valence electrons. The number of hydrogen-bond donors (Lipinski definition) is 1. The first kappa shape index (κ1) is 13.5. The second-order valence-electron chi connectivity index (χ2n) is 5.70. The van der Waals surface area contributed by atoms with Crippen molar-refractivity contribution in [3.8, 4) is 0 Å². The second kappa shape index (κ2) is 5.67. The quantitative estimate of drug-likeness (QED) is 0.751. The van der Waals surface area contributed by atoms with Gasteiger partial charge in [0.25, 0.3) is 0 Å². The van der Waals surface area contributed by atoms with Gasteiger partial charge in [0.1, 0.15) is 12.1 Å². The Hall–Kier alpha value is -0.570. The van der Waals surface area contributed by atoms with Crippen LogP contribution in [0.15, 0.2) is 0 Å². The summed E-state index contributed by atoms with van der Waals surface area (Å²) < 4.78 is 5.44. The molecule has 1 atom stereocenters. The van der Waals surface area contributed by atoms with Crippen molar-refractivity contribution in [2.45, 2.75) is 71.4 Å². The van der Waals surface area contributed by atoms with Gasteiger partial charge < -0.3 is 10.5 Å². The van der Waals surface area contributed by atoms with Gasteiger partial charge in [0.05, 0.1) is 0 Å². The fraction of sp³-hybridized carbons (Fsp3) is 0.923. The molecule has 0 aromatic carbocycles. The van der Waals surface area contributed by atoms with Crippen LogP contribution in [0.5, 0.6) is 0 Å². The molecule has 1 unspecified atom stereocenters. The molecule has 16 heavy (non-hydrogen) atoms. The number of ether oxygens (including phenoxy) is 1. The summed E-state index contributed by atoms with van der Waals surface area (Å²) in [5, 5.41) is 0. The topological polar surface area (TPSA) is 52.3 Å². The van der Waals surface area contributed by atoms with E-state index in [1.54, 1.807) is 0 Å². The van der Waals surface area contributed by atoms with Gasteiger partial charge in [-0.05, 0) is 37.5 Å². The highest BCUT2D eigenvalue weighted by molar-refractivity contribution is 5.75. The van der Waals surface area contributed by atoms with Crippen molar-refractivity contribution in [1.82, 2.24) is 0 Å².